The van der Waals surface area contributed by atoms with E-state index in [0.29, 0.717) is 16.9 Å². The van der Waals surface area contributed by atoms with Gasteiger partial charge in [0.25, 0.3) is 0 Å². The minimum atomic E-state index is -0.622. The summed E-state index contributed by atoms with van der Waals surface area (Å²) in [6, 6.07) is 7.34. The fourth-order valence-corrected chi connectivity index (χ4v) is 2.14. The summed E-state index contributed by atoms with van der Waals surface area (Å²) in [5, 5.41) is 3.09. The molecule has 1 N–H and O–H groups in total. The van der Waals surface area contributed by atoms with E-state index in [1.807, 2.05) is 6.92 Å². The molecule has 0 aliphatic carbocycles. The fraction of sp³-hybridized carbons (Fsp3) is 0.250. The lowest BCUT2D eigenvalue weighted by molar-refractivity contribution is 0.399. The van der Waals surface area contributed by atoms with E-state index in [0.717, 1.165) is 6.07 Å². The fourth-order valence-electron chi connectivity index (χ4n) is 2.14. The van der Waals surface area contributed by atoms with E-state index < -0.39 is 11.6 Å². The number of halogens is 3. The van der Waals surface area contributed by atoms with E-state index in [1.54, 1.807) is 6.07 Å². The van der Waals surface area contributed by atoms with E-state index >= 15 is 0 Å². The van der Waals surface area contributed by atoms with Gasteiger partial charge in [0.1, 0.15) is 23.2 Å². The number of benzene rings is 2. The number of nitrogens with one attached hydrogen (secondary N) is 1. The van der Waals surface area contributed by atoms with Crippen molar-refractivity contribution in [3.63, 3.8) is 0 Å². The highest BCUT2D eigenvalue weighted by Crippen LogP contribution is 2.26. The molecule has 0 aromatic heterocycles. The Morgan fingerprint density at radius 2 is 1.67 bits per heavy atom. The predicted octanol–water partition coefficient (Wildman–Crippen LogP) is 3.96. The Morgan fingerprint density at radius 1 is 1.00 bits per heavy atom. The van der Waals surface area contributed by atoms with Gasteiger partial charge in [0.15, 0.2) is 0 Å². The summed E-state index contributed by atoms with van der Waals surface area (Å²) in [6.07, 6.45) is 0. The summed E-state index contributed by atoms with van der Waals surface area (Å²) in [7, 11) is 1.51. The van der Waals surface area contributed by atoms with Gasteiger partial charge in [-0.15, -0.1) is 0 Å². The Hall–Kier alpha value is -2.01. The van der Waals surface area contributed by atoms with Gasteiger partial charge < -0.3 is 10.1 Å². The van der Waals surface area contributed by atoms with Crippen molar-refractivity contribution in [3.8, 4) is 5.75 Å². The van der Waals surface area contributed by atoms with Crippen molar-refractivity contribution in [1.82, 2.24) is 5.32 Å². The highest BCUT2D eigenvalue weighted by atomic mass is 19.1. The van der Waals surface area contributed by atoms with Crippen molar-refractivity contribution in [3.05, 3.63) is 65.0 Å². The van der Waals surface area contributed by atoms with Crippen LogP contribution < -0.4 is 10.1 Å². The predicted molar refractivity (Wildman–Crippen MR) is 74.6 cm³/mol. The van der Waals surface area contributed by atoms with Gasteiger partial charge in [-0.05, 0) is 42.8 Å². The van der Waals surface area contributed by atoms with E-state index in [4.69, 9.17) is 4.74 Å². The maximum absolute atomic E-state index is 13.3. The van der Waals surface area contributed by atoms with Crippen LogP contribution in [-0.4, -0.2) is 7.11 Å². The molecule has 0 spiro atoms. The SMILES string of the molecule is COc1ccc(F)cc1C(C)NCc1cc(F)cc(F)c1. The molecule has 0 aliphatic rings. The van der Waals surface area contributed by atoms with E-state index in [2.05, 4.69) is 5.32 Å². The molecule has 1 atom stereocenters. The summed E-state index contributed by atoms with van der Waals surface area (Å²) >= 11 is 0. The largest absolute Gasteiger partial charge is 0.496 e. The van der Waals surface area contributed by atoms with E-state index in [1.165, 1.54) is 31.4 Å². The second-order valence-electron chi connectivity index (χ2n) is 4.77. The smallest absolute Gasteiger partial charge is 0.126 e. The first-order valence-corrected chi connectivity index (χ1v) is 6.51. The molecular weight excluding hydrogens is 279 g/mol. The molecule has 1 unspecified atom stereocenters. The first kappa shape index (κ1) is 15.4. The second kappa shape index (κ2) is 6.63. The van der Waals surface area contributed by atoms with Crippen LogP contribution >= 0.6 is 0 Å². The molecule has 5 heteroatoms. The van der Waals surface area contributed by atoms with Crippen LogP contribution in [0.5, 0.6) is 5.75 Å². The van der Waals surface area contributed by atoms with Gasteiger partial charge in [-0.1, -0.05) is 0 Å². The van der Waals surface area contributed by atoms with Crippen molar-refractivity contribution < 1.29 is 17.9 Å². The van der Waals surface area contributed by atoms with E-state index in [9.17, 15) is 13.2 Å². The molecule has 0 fully saturated rings. The zero-order chi connectivity index (χ0) is 15.4. The van der Waals surface area contributed by atoms with Gasteiger partial charge in [-0.3, -0.25) is 0 Å². The number of ether oxygens (including phenoxy) is 1. The average molecular weight is 295 g/mol. The third-order valence-corrected chi connectivity index (χ3v) is 3.19. The number of hydrogen-bond donors (Lipinski definition) is 1. The number of rotatable bonds is 5. The Kier molecular flexibility index (Phi) is 4.85. The first-order chi connectivity index (χ1) is 9.99. The van der Waals surface area contributed by atoms with Gasteiger partial charge in [0.05, 0.1) is 7.11 Å². The van der Waals surface area contributed by atoms with Crippen LogP contribution in [0.3, 0.4) is 0 Å². The minimum absolute atomic E-state index is 0.234. The standard InChI is InChI=1S/C16H16F3NO/c1-10(15-8-12(17)3-4-16(15)21-2)20-9-11-5-13(18)7-14(19)6-11/h3-8,10,20H,9H2,1-2H3. The summed E-state index contributed by atoms with van der Waals surface area (Å²) < 4.78 is 44.7. The summed E-state index contributed by atoms with van der Waals surface area (Å²) in [4.78, 5) is 0. The molecule has 0 amide bonds. The highest BCUT2D eigenvalue weighted by Gasteiger charge is 2.12. The molecule has 0 saturated carbocycles. The lowest BCUT2D eigenvalue weighted by Gasteiger charge is -2.17. The molecule has 21 heavy (non-hydrogen) atoms. The van der Waals surface area contributed by atoms with Crippen LogP contribution in [0.1, 0.15) is 24.1 Å². The van der Waals surface area contributed by atoms with Crippen LogP contribution in [0.25, 0.3) is 0 Å². The topological polar surface area (TPSA) is 21.3 Å². The molecular formula is C16H16F3NO. The average Bonchev–Trinajstić information content (AvgIpc) is 2.43. The van der Waals surface area contributed by atoms with Crippen molar-refractivity contribution in [1.29, 1.82) is 0 Å². The Labute approximate surface area is 121 Å². The molecule has 0 bridgehead atoms. The molecule has 0 radical (unpaired) electrons. The number of hydrogen-bond acceptors (Lipinski definition) is 2. The first-order valence-electron chi connectivity index (χ1n) is 6.51. The van der Waals surface area contributed by atoms with E-state index in [-0.39, 0.29) is 18.4 Å². The Morgan fingerprint density at radius 3 is 2.29 bits per heavy atom. The van der Waals surface area contributed by atoms with Crippen molar-refractivity contribution in [2.24, 2.45) is 0 Å². The van der Waals surface area contributed by atoms with Gasteiger partial charge in [0.2, 0.25) is 0 Å². The molecule has 112 valence electrons. The van der Waals surface area contributed by atoms with Gasteiger partial charge in [-0.2, -0.15) is 0 Å². The monoisotopic (exact) mass is 295 g/mol. The van der Waals surface area contributed by atoms with Crippen molar-refractivity contribution >= 4 is 0 Å². The van der Waals surface area contributed by atoms with Gasteiger partial charge >= 0.3 is 0 Å². The van der Waals surface area contributed by atoms with Gasteiger partial charge in [0, 0.05) is 24.2 Å². The molecule has 2 nitrogen and oxygen atoms in total. The molecule has 2 rings (SSSR count). The van der Waals surface area contributed by atoms with Crippen molar-refractivity contribution in [2.45, 2.75) is 19.5 Å². The minimum Gasteiger partial charge on any atom is -0.496 e. The third kappa shape index (κ3) is 3.98. The summed E-state index contributed by atoms with van der Waals surface area (Å²) in [5.41, 5.74) is 1.13. The van der Waals surface area contributed by atoms with Crippen LogP contribution in [0.4, 0.5) is 13.2 Å². The Balaban J connectivity index is 2.11. The molecule has 2 aromatic rings. The molecule has 0 saturated heterocycles. The summed E-state index contributed by atoms with van der Waals surface area (Å²) in [6.45, 7) is 2.09. The highest BCUT2D eigenvalue weighted by molar-refractivity contribution is 5.36. The van der Waals surface area contributed by atoms with Crippen LogP contribution in [0.2, 0.25) is 0 Å². The maximum atomic E-state index is 13.3. The second-order valence-corrected chi connectivity index (χ2v) is 4.77. The zero-order valence-corrected chi connectivity index (χ0v) is 11.8. The lowest BCUT2D eigenvalue weighted by atomic mass is 10.1. The maximum Gasteiger partial charge on any atom is 0.126 e. The molecule has 0 aliphatic heterocycles. The lowest BCUT2D eigenvalue weighted by Crippen LogP contribution is -2.19. The normalized spacial score (nSPS) is 12.2. The van der Waals surface area contributed by atoms with Gasteiger partial charge in [-0.25, -0.2) is 13.2 Å². The Bertz CT molecular complexity index is 611. The summed E-state index contributed by atoms with van der Waals surface area (Å²) in [5.74, 6) is -1.05. The van der Waals surface area contributed by atoms with Crippen LogP contribution in [-0.2, 0) is 6.54 Å². The zero-order valence-electron chi connectivity index (χ0n) is 11.8. The third-order valence-electron chi connectivity index (χ3n) is 3.19. The molecule has 2 aromatic carbocycles. The van der Waals surface area contributed by atoms with Crippen molar-refractivity contribution in [2.75, 3.05) is 7.11 Å². The molecule has 0 heterocycles. The van der Waals surface area contributed by atoms with Crippen LogP contribution in [0, 0.1) is 17.5 Å². The number of methoxy groups -OCH3 is 1. The van der Waals surface area contributed by atoms with Crippen LogP contribution in [0.15, 0.2) is 36.4 Å². The quantitative estimate of drug-likeness (QED) is 0.901.